The second-order valence-electron chi connectivity index (χ2n) is 7.38. The molecular formula is C22H25N3O5. The molecule has 1 saturated heterocycles. The lowest BCUT2D eigenvalue weighted by atomic mass is 10.1. The highest BCUT2D eigenvalue weighted by atomic mass is 16.6. The van der Waals surface area contributed by atoms with Crippen molar-refractivity contribution < 1.29 is 19.2 Å². The van der Waals surface area contributed by atoms with Crippen LogP contribution in [0.2, 0.25) is 0 Å². The zero-order valence-corrected chi connectivity index (χ0v) is 17.1. The number of esters is 1. The molecule has 8 nitrogen and oxygen atoms in total. The Balaban J connectivity index is 1.66. The molecule has 1 heterocycles. The summed E-state index contributed by atoms with van der Waals surface area (Å²) in [5, 5.41) is 14.2. The molecule has 0 aliphatic carbocycles. The van der Waals surface area contributed by atoms with E-state index in [0.717, 1.165) is 43.5 Å². The van der Waals surface area contributed by atoms with Gasteiger partial charge in [0, 0.05) is 24.8 Å². The van der Waals surface area contributed by atoms with Crippen molar-refractivity contribution in [2.24, 2.45) is 0 Å². The maximum absolute atomic E-state index is 12.3. The van der Waals surface area contributed by atoms with Gasteiger partial charge in [-0.2, -0.15) is 0 Å². The smallest absolute Gasteiger partial charge is 0.338 e. The zero-order valence-electron chi connectivity index (χ0n) is 17.1. The SMILES string of the molecule is Cc1cccc(NC(=O)COC(=O)c2ccc(N3CCCCC3)c([N+](=O)[O-])c2)c1C. The molecule has 0 atom stereocenters. The van der Waals surface area contributed by atoms with E-state index in [2.05, 4.69) is 5.32 Å². The number of rotatable bonds is 6. The summed E-state index contributed by atoms with van der Waals surface area (Å²) in [6.07, 6.45) is 3.08. The Hall–Kier alpha value is -3.42. The molecule has 30 heavy (non-hydrogen) atoms. The van der Waals surface area contributed by atoms with Gasteiger partial charge in [0.1, 0.15) is 5.69 Å². The largest absolute Gasteiger partial charge is 0.452 e. The summed E-state index contributed by atoms with van der Waals surface area (Å²) in [6.45, 7) is 4.85. The van der Waals surface area contributed by atoms with Gasteiger partial charge in [0.2, 0.25) is 0 Å². The number of carbonyl (C=O) groups is 2. The van der Waals surface area contributed by atoms with E-state index in [9.17, 15) is 19.7 Å². The van der Waals surface area contributed by atoms with Crippen LogP contribution < -0.4 is 10.2 Å². The van der Waals surface area contributed by atoms with Crippen LogP contribution in [0.3, 0.4) is 0 Å². The lowest BCUT2D eigenvalue weighted by Gasteiger charge is -2.28. The van der Waals surface area contributed by atoms with Crippen LogP contribution in [0, 0.1) is 24.0 Å². The van der Waals surface area contributed by atoms with E-state index in [4.69, 9.17) is 4.74 Å². The number of carbonyl (C=O) groups excluding carboxylic acids is 2. The van der Waals surface area contributed by atoms with Gasteiger partial charge >= 0.3 is 5.97 Å². The fraction of sp³-hybridized carbons (Fsp3) is 0.364. The molecule has 0 unspecified atom stereocenters. The topological polar surface area (TPSA) is 102 Å². The minimum absolute atomic E-state index is 0.0435. The first-order chi connectivity index (χ1) is 14.4. The second-order valence-corrected chi connectivity index (χ2v) is 7.38. The molecule has 0 saturated carbocycles. The molecule has 2 aromatic carbocycles. The van der Waals surface area contributed by atoms with Crippen molar-refractivity contribution in [3.05, 3.63) is 63.2 Å². The molecule has 0 radical (unpaired) electrons. The van der Waals surface area contributed by atoms with Gasteiger partial charge in [-0.3, -0.25) is 14.9 Å². The van der Waals surface area contributed by atoms with Crippen LogP contribution >= 0.6 is 0 Å². The maximum Gasteiger partial charge on any atom is 0.338 e. The number of nitrogens with zero attached hydrogens (tertiary/aromatic N) is 2. The Kier molecular flexibility index (Phi) is 6.66. The van der Waals surface area contributed by atoms with Crippen LogP contribution in [0.25, 0.3) is 0 Å². The number of nitro benzene ring substituents is 1. The molecule has 1 fully saturated rings. The number of nitro groups is 1. The average Bonchev–Trinajstić information content (AvgIpc) is 2.75. The molecule has 1 amide bonds. The monoisotopic (exact) mass is 411 g/mol. The first kappa shape index (κ1) is 21.3. The van der Waals surface area contributed by atoms with Crippen molar-refractivity contribution in [1.82, 2.24) is 0 Å². The van der Waals surface area contributed by atoms with Crippen LogP contribution in [0.4, 0.5) is 17.1 Å². The normalized spacial score (nSPS) is 13.6. The minimum atomic E-state index is -0.778. The summed E-state index contributed by atoms with van der Waals surface area (Å²) >= 11 is 0. The number of nitrogens with one attached hydrogen (secondary N) is 1. The highest BCUT2D eigenvalue weighted by Crippen LogP contribution is 2.31. The summed E-state index contributed by atoms with van der Waals surface area (Å²) < 4.78 is 5.07. The third-order valence-corrected chi connectivity index (χ3v) is 5.32. The summed E-state index contributed by atoms with van der Waals surface area (Å²) in [5.41, 5.74) is 3.03. The van der Waals surface area contributed by atoms with E-state index in [0.29, 0.717) is 11.4 Å². The molecule has 8 heteroatoms. The molecule has 0 bridgehead atoms. The summed E-state index contributed by atoms with van der Waals surface area (Å²) in [4.78, 5) is 37.5. The quantitative estimate of drug-likeness (QED) is 0.438. The van der Waals surface area contributed by atoms with Crippen molar-refractivity contribution in [3.8, 4) is 0 Å². The molecule has 2 aromatic rings. The Bertz CT molecular complexity index is 967. The third-order valence-electron chi connectivity index (χ3n) is 5.32. The van der Waals surface area contributed by atoms with Crippen molar-refractivity contribution in [3.63, 3.8) is 0 Å². The zero-order chi connectivity index (χ0) is 21.7. The van der Waals surface area contributed by atoms with Crippen LogP contribution in [0.5, 0.6) is 0 Å². The van der Waals surface area contributed by atoms with Gasteiger partial charge in [0.25, 0.3) is 11.6 Å². The summed E-state index contributed by atoms with van der Waals surface area (Å²) in [7, 11) is 0. The average molecular weight is 411 g/mol. The Labute approximate surface area is 175 Å². The fourth-order valence-electron chi connectivity index (χ4n) is 3.49. The van der Waals surface area contributed by atoms with Crippen LogP contribution in [0.1, 0.15) is 40.7 Å². The van der Waals surface area contributed by atoms with Crippen molar-refractivity contribution in [1.29, 1.82) is 0 Å². The van der Waals surface area contributed by atoms with Gasteiger partial charge in [0.05, 0.1) is 10.5 Å². The van der Waals surface area contributed by atoms with Crippen molar-refractivity contribution in [2.75, 3.05) is 29.9 Å². The number of hydrogen-bond acceptors (Lipinski definition) is 6. The third kappa shape index (κ3) is 4.94. The van der Waals surface area contributed by atoms with Crippen molar-refractivity contribution >= 4 is 28.9 Å². The number of anilines is 2. The molecule has 0 aromatic heterocycles. The predicted molar refractivity (Wildman–Crippen MR) is 114 cm³/mol. The Morgan fingerprint density at radius 3 is 2.57 bits per heavy atom. The van der Waals surface area contributed by atoms with E-state index in [-0.39, 0.29) is 11.3 Å². The summed E-state index contributed by atoms with van der Waals surface area (Å²) in [6, 6.07) is 9.83. The Morgan fingerprint density at radius 1 is 1.13 bits per heavy atom. The fourth-order valence-corrected chi connectivity index (χ4v) is 3.49. The van der Waals surface area contributed by atoms with Crippen molar-refractivity contribution in [2.45, 2.75) is 33.1 Å². The van der Waals surface area contributed by atoms with Crippen LogP contribution in [-0.4, -0.2) is 36.5 Å². The van der Waals surface area contributed by atoms with Gasteiger partial charge in [0.15, 0.2) is 6.61 Å². The molecular weight excluding hydrogens is 386 g/mol. The minimum Gasteiger partial charge on any atom is -0.452 e. The molecule has 1 aliphatic rings. The molecule has 1 aliphatic heterocycles. The molecule has 1 N–H and O–H groups in total. The summed E-state index contributed by atoms with van der Waals surface area (Å²) in [5.74, 6) is -1.25. The van der Waals surface area contributed by atoms with Gasteiger partial charge in [-0.1, -0.05) is 12.1 Å². The number of aryl methyl sites for hydroxylation is 1. The maximum atomic E-state index is 12.3. The van der Waals surface area contributed by atoms with E-state index in [1.807, 2.05) is 30.9 Å². The van der Waals surface area contributed by atoms with Gasteiger partial charge < -0.3 is 15.0 Å². The number of ether oxygens (including phenoxy) is 1. The highest BCUT2D eigenvalue weighted by Gasteiger charge is 2.23. The van der Waals surface area contributed by atoms with Gasteiger partial charge in [-0.05, 0) is 62.4 Å². The molecule has 158 valence electrons. The van der Waals surface area contributed by atoms with Crippen LogP contribution in [0.15, 0.2) is 36.4 Å². The van der Waals surface area contributed by atoms with E-state index in [1.54, 1.807) is 12.1 Å². The van der Waals surface area contributed by atoms with E-state index < -0.39 is 23.4 Å². The van der Waals surface area contributed by atoms with Gasteiger partial charge in [-0.15, -0.1) is 0 Å². The Morgan fingerprint density at radius 2 is 1.87 bits per heavy atom. The highest BCUT2D eigenvalue weighted by molar-refractivity contribution is 5.96. The number of piperidine rings is 1. The predicted octanol–water partition coefficient (Wildman–Crippen LogP) is 4.00. The van der Waals surface area contributed by atoms with E-state index >= 15 is 0 Å². The number of hydrogen-bond donors (Lipinski definition) is 1. The molecule has 3 rings (SSSR count). The first-order valence-corrected chi connectivity index (χ1v) is 9.93. The van der Waals surface area contributed by atoms with Gasteiger partial charge in [-0.25, -0.2) is 4.79 Å². The second kappa shape index (κ2) is 9.39. The number of benzene rings is 2. The lowest BCUT2D eigenvalue weighted by Crippen LogP contribution is -2.30. The first-order valence-electron chi connectivity index (χ1n) is 9.93. The van der Waals surface area contributed by atoms with Crippen LogP contribution in [-0.2, 0) is 9.53 Å². The lowest BCUT2D eigenvalue weighted by molar-refractivity contribution is -0.384. The standard InChI is InChI=1S/C22H25N3O5/c1-15-7-6-8-18(16(15)2)23-21(26)14-30-22(27)17-9-10-19(20(13-17)25(28)29)24-11-4-3-5-12-24/h6-10,13H,3-5,11-12,14H2,1-2H3,(H,23,26). The van der Waals surface area contributed by atoms with E-state index in [1.165, 1.54) is 12.1 Å². The molecule has 0 spiro atoms. The number of amides is 1.